The first kappa shape index (κ1) is 24.0. The second kappa shape index (κ2) is 11.8. The van der Waals surface area contributed by atoms with E-state index in [4.69, 9.17) is 9.90 Å². The number of carboxylic acid groups (broad SMARTS) is 1. The maximum absolute atomic E-state index is 13.7. The number of likely N-dealkylation sites (tertiary alicyclic amines) is 2. The fraction of sp³-hybridized carbons (Fsp3) is 0.524. The van der Waals surface area contributed by atoms with Gasteiger partial charge in [0.2, 0.25) is 0 Å². The monoisotopic (exact) mass is 467 g/mol. The van der Waals surface area contributed by atoms with Crippen molar-refractivity contribution < 1.29 is 23.5 Å². The van der Waals surface area contributed by atoms with Gasteiger partial charge in [-0.3, -0.25) is 14.6 Å². The number of anilines is 1. The summed E-state index contributed by atoms with van der Waals surface area (Å²) in [5.74, 6) is -1.42. The molecule has 0 aliphatic carbocycles. The van der Waals surface area contributed by atoms with E-state index in [-0.39, 0.29) is 24.6 Å². The van der Waals surface area contributed by atoms with E-state index in [2.05, 4.69) is 20.2 Å². The van der Waals surface area contributed by atoms with Crippen LogP contribution in [0.2, 0.25) is 0 Å². The van der Waals surface area contributed by atoms with E-state index >= 15 is 0 Å². The molecule has 2 fully saturated rings. The number of halogens is 2. The highest BCUT2D eigenvalue weighted by atomic mass is 32.1. The Morgan fingerprint density at radius 3 is 2.50 bits per heavy atom. The number of aromatic nitrogens is 2. The largest absolute Gasteiger partial charge is 0.483 e. The molecule has 4 heterocycles. The summed E-state index contributed by atoms with van der Waals surface area (Å²) in [7, 11) is 0. The van der Waals surface area contributed by atoms with Gasteiger partial charge in [0.25, 0.3) is 12.4 Å². The van der Waals surface area contributed by atoms with Gasteiger partial charge in [0, 0.05) is 25.2 Å². The second-order valence-corrected chi connectivity index (χ2v) is 8.72. The molecule has 0 atom stereocenters. The van der Waals surface area contributed by atoms with E-state index in [1.54, 1.807) is 6.20 Å². The summed E-state index contributed by atoms with van der Waals surface area (Å²) in [5, 5.41) is 10.4. The first-order valence-electron chi connectivity index (χ1n) is 10.6. The number of nitrogens with zero attached hydrogens (tertiary/aromatic N) is 4. The molecule has 32 heavy (non-hydrogen) atoms. The molecule has 0 unspecified atom stereocenters. The summed E-state index contributed by atoms with van der Waals surface area (Å²) in [6, 6.07) is 1.39. The maximum atomic E-state index is 13.7. The SMILES string of the molecule is O=C(c1cnc(NCc2ncc(F)cc2F)s1)N1CCC(N2CCCCC2)CC1.O=CO. The quantitative estimate of drug-likeness (QED) is 0.652. The summed E-state index contributed by atoms with van der Waals surface area (Å²) in [6.45, 7) is 3.74. The summed E-state index contributed by atoms with van der Waals surface area (Å²) in [4.78, 5) is 34.2. The number of rotatable bonds is 5. The average molecular weight is 468 g/mol. The molecular weight excluding hydrogens is 440 g/mol. The van der Waals surface area contributed by atoms with Gasteiger partial charge in [0.15, 0.2) is 5.13 Å². The minimum Gasteiger partial charge on any atom is -0.483 e. The van der Waals surface area contributed by atoms with Gasteiger partial charge in [-0.25, -0.2) is 13.8 Å². The minimum absolute atomic E-state index is 0.00117. The van der Waals surface area contributed by atoms with Crippen molar-refractivity contribution in [2.75, 3.05) is 31.5 Å². The van der Waals surface area contributed by atoms with Crippen LogP contribution in [-0.2, 0) is 11.3 Å². The van der Waals surface area contributed by atoms with E-state index in [1.807, 2.05) is 4.90 Å². The fourth-order valence-electron chi connectivity index (χ4n) is 4.06. The lowest BCUT2D eigenvalue weighted by molar-refractivity contribution is -0.122. The predicted octanol–water partition coefficient (Wildman–Crippen LogP) is 3.22. The Bertz CT molecular complexity index is 899. The molecule has 2 N–H and O–H groups in total. The van der Waals surface area contributed by atoms with Gasteiger partial charge >= 0.3 is 0 Å². The molecule has 2 aromatic heterocycles. The van der Waals surface area contributed by atoms with E-state index in [0.29, 0.717) is 16.1 Å². The molecule has 8 nitrogen and oxygen atoms in total. The van der Waals surface area contributed by atoms with Crippen LogP contribution in [0.5, 0.6) is 0 Å². The zero-order chi connectivity index (χ0) is 22.9. The Hall–Kier alpha value is -2.66. The Morgan fingerprint density at radius 2 is 1.84 bits per heavy atom. The number of piperidine rings is 2. The van der Waals surface area contributed by atoms with Crippen molar-refractivity contribution in [3.63, 3.8) is 0 Å². The van der Waals surface area contributed by atoms with Crippen molar-refractivity contribution in [1.82, 2.24) is 19.8 Å². The Labute approximate surface area is 189 Å². The molecule has 0 saturated carbocycles. The smallest absolute Gasteiger partial charge is 0.290 e. The molecule has 0 radical (unpaired) electrons. The Kier molecular flexibility index (Phi) is 8.86. The van der Waals surface area contributed by atoms with Gasteiger partial charge < -0.3 is 20.2 Å². The van der Waals surface area contributed by atoms with Gasteiger partial charge in [0.1, 0.15) is 16.5 Å². The lowest BCUT2D eigenvalue weighted by atomic mass is 10.00. The van der Waals surface area contributed by atoms with Crippen molar-refractivity contribution >= 4 is 28.8 Å². The normalized spacial score (nSPS) is 17.4. The maximum Gasteiger partial charge on any atom is 0.290 e. The highest BCUT2D eigenvalue weighted by molar-refractivity contribution is 7.17. The molecule has 0 spiro atoms. The van der Waals surface area contributed by atoms with Crippen molar-refractivity contribution in [3.8, 4) is 0 Å². The number of thiazole rings is 1. The van der Waals surface area contributed by atoms with Crippen LogP contribution in [0.3, 0.4) is 0 Å². The molecule has 4 rings (SSSR count). The van der Waals surface area contributed by atoms with E-state index < -0.39 is 11.6 Å². The molecule has 0 aromatic carbocycles. The van der Waals surface area contributed by atoms with Crippen LogP contribution in [0, 0.1) is 11.6 Å². The third-order valence-electron chi connectivity index (χ3n) is 5.67. The molecule has 0 bridgehead atoms. The molecule has 1 amide bonds. The molecule has 11 heteroatoms. The van der Waals surface area contributed by atoms with Crippen LogP contribution >= 0.6 is 11.3 Å². The topological polar surface area (TPSA) is 98.7 Å². The van der Waals surface area contributed by atoms with Gasteiger partial charge in [-0.15, -0.1) is 0 Å². The number of hydrogen-bond donors (Lipinski definition) is 2. The standard InChI is InChI=1S/C20H25F2N5OS.CH2O2/c21-14-10-16(22)17(23-11-14)12-24-20-25-13-18(29-20)19(28)27-8-4-15(5-9-27)26-6-2-1-3-7-26;2-1-3/h10-11,13,15H,1-9,12H2,(H,24,25);1H,(H,2,3). The Balaban J connectivity index is 0.000000913. The lowest BCUT2D eigenvalue weighted by Crippen LogP contribution is -2.48. The number of hydrogen-bond acceptors (Lipinski definition) is 7. The predicted molar refractivity (Wildman–Crippen MR) is 117 cm³/mol. The molecular formula is C21H27F2N5O3S. The van der Waals surface area contributed by atoms with Crippen LogP contribution in [0.1, 0.15) is 47.5 Å². The minimum atomic E-state index is -0.711. The highest BCUT2D eigenvalue weighted by Crippen LogP contribution is 2.25. The molecule has 174 valence electrons. The van der Waals surface area contributed by atoms with E-state index in [0.717, 1.165) is 38.2 Å². The average Bonchev–Trinajstić information content (AvgIpc) is 3.28. The fourth-order valence-corrected chi connectivity index (χ4v) is 4.84. The summed E-state index contributed by atoms with van der Waals surface area (Å²) < 4.78 is 26.6. The van der Waals surface area contributed by atoms with Gasteiger partial charge in [-0.05, 0) is 38.8 Å². The van der Waals surface area contributed by atoms with Gasteiger partial charge in [0.05, 0.1) is 24.6 Å². The number of carbonyl (C=O) groups is 2. The van der Waals surface area contributed by atoms with Crippen molar-refractivity contribution in [3.05, 3.63) is 40.7 Å². The van der Waals surface area contributed by atoms with Crippen molar-refractivity contribution in [2.24, 2.45) is 0 Å². The van der Waals surface area contributed by atoms with Crippen molar-refractivity contribution in [1.29, 1.82) is 0 Å². The summed E-state index contributed by atoms with van der Waals surface area (Å²) in [5.41, 5.74) is 0.106. The Morgan fingerprint density at radius 1 is 1.16 bits per heavy atom. The molecule has 2 aromatic rings. The number of carbonyl (C=O) groups excluding carboxylic acids is 1. The van der Waals surface area contributed by atoms with Gasteiger partial charge in [-0.2, -0.15) is 0 Å². The summed E-state index contributed by atoms with van der Waals surface area (Å²) >= 11 is 1.24. The highest BCUT2D eigenvalue weighted by Gasteiger charge is 2.28. The van der Waals surface area contributed by atoms with Crippen molar-refractivity contribution in [2.45, 2.75) is 44.7 Å². The van der Waals surface area contributed by atoms with Crippen LogP contribution in [0.25, 0.3) is 0 Å². The van der Waals surface area contributed by atoms with Crippen LogP contribution in [0.15, 0.2) is 18.5 Å². The van der Waals surface area contributed by atoms with E-state index in [9.17, 15) is 13.6 Å². The van der Waals surface area contributed by atoms with Crippen LogP contribution < -0.4 is 5.32 Å². The number of pyridine rings is 1. The molecule has 2 aliphatic rings. The zero-order valence-electron chi connectivity index (χ0n) is 17.7. The van der Waals surface area contributed by atoms with Crippen LogP contribution in [-0.4, -0.2) is 69.5 Å². The number of amides is 1. The zero-order valence-corrected chi connectivity index (χ0v) is 18.5. The first-order chi connectivity index (χ1) is 15.5. The third kappa shape index (κ3) is 6.42. The first-order valence-corrected chi connectivity index (χ1v) is 11.4. The van der Waals surface area contributed by atoms with Crippen LogP contribution in [0.4, 0.5) is 13.9 Å². The summed E-state index contributed by atoms with van der Waals surface area (Å²) in [6.07, 6.45) is 8.47. The van der Waals surface area contributed by atoms with E-state index in [1.165, 1.54) is 43.7 Å². The lowest BCUT2D eigenvalue weighted by Gasteiger charge is -2.40. The second-order valence-electron chi connectivity index (χ2n) is 7.69. The molecule has 2 saturated heterocycles. The number of nitrogens with one attached hydrogen (secondary N) is 1. The van der Waals surface area contributed by atoms with Gasteiger partial charge in [-0.1, -0.05) is 17.8 Å². The third-order valence-corrected chi connectivity index (χ3v) is 6.61. The molecule has 2 aliphatic heterocycles.